The molecular formula is C23H37N3O6. The lowest BCUT2D eigenvalue weighted by atomic mass is 9.87. The van der Waals surface area contributed by atoms with Gasteiger partial charge in [0.15, 0.2) is 0 Å². The molecule has 0 unspecified atom stereocenters. The lowest BCUT2D eigenvalue weighted by Crippen LogP contribution is -2.52. The molecule has 1 saturated carbocycles. The standard InChI is InChI=1S/C21H31N3O6.C2H6/c1-15(29-13-12-16-6-4-3-5-7-16)19(20(25)22-2)23-21(26)30-14-17-8-10-18(11-9-17)24(27)28;1-2/h8-11,15-16,19H,3-7,12-14H2,1-2H3,(H,22,25)(H,23,26);1-2H3/t15-,19+;/m1./s1. The first-order valence-electron chi connectivity index (χ1n) is 11.4. The first-order chi connectivity index (χ1) is 15.4. The molecule has 0 spiro atoms. The smallest absolute Gasteiger partial charge is 0.408 e. The number of hydrogen-bond acceptors (Lipinski definition) is 6. The Hall–Kier alpha value is -2.68. The highest BCUT2D eigenvalue weighted by Gasteiger charge is 2.28. The van der Waals surface area contributed by atoms with Gasteiger partial charge in [-0.25, -0.2) is 4.79 Å². The fourth-order valence-electron chi connectivity index (χ4n) is 3.58. The molecule has 2 atom stereocenters. The number of carbonyl (C=O) groups is 2. The van der Waals surface area contributed by atoms with Crippen LogP contribution in [-0.2, 0) is 20.9 Å². The molecule has 1 aliphatic rings. The van der Waals surface area contributed by atoms with Crippen LogP contribution >= 0.6 is 0 Å². The third-order valence-corrected chi connectivity index (χ3v) is 5.42. The lowest BCUT2D eigenvalue weighted by Gasteiger charge is -2.26. The number of benzene rings is 1. The quantitative estimate of drug-likeness (QED) is 0.403. The summed E-state index contributed by atoms with van der Waals surface area (Å²) in [6, 6.07) is 4.82. The first kappa shape index (κ1) is 27.4. The van der Waals surface area contributed by atoms with Gasteiger partial charge >= 0.3 is 6.09 Å². The van der Waals surface area contributed by atoms with E-state index in [4.69, 9.17) is 9.47 Å². The van der Waals surface area contributed by atoms with Gasteiger partial charge in [-0.15, -0.1) is 0 Å². The predicted molar refractivity (Wildman–Crippen MR) is 122 cm³/mol. The monoisotopic (exact) mass is 451 g/mol. The van der Waals surface area contributed by atoms with Crippen molar-refractivity contribution in [1.29, 1.82) is 0 Å². The van der Waals surface area contributed by atoms with Crippen LogP contribution in [0.3, 0.4) is 0 Å². The molecule has 0 radical (unpaired) electrons. The molecule has 0 bridgehead atoms. The highest BCUT2D eigenvalue weighted by molar-refractivity contribution is 5.86. The van der Waals surface area contributed by atoms with Crippen molar-refractivity contribution in [2.45, 2.75) is 78.0 Å². The van der Waals surface area contributed by atoms with E-state index < -0.39 is 23.2 Å². The molecule has 9 nitrogen and oxygen atoms in total. The minimum Gasteiger partial charge on any atom is -0.445 e. The Morgan fingerprint density at radius 2 is 1.78 bits per heavy atom. The molecule has 0 aliphatic heterocycles. The number of rotatable bonds is 10. The van der Waals surface area contributed by atoms with E-state index in [9.17, 15) is 19.7 Å². The van der Waals surface area contributed by atoms with Crippen LogP contribution in [0.25, 0.3) is 0 Å². The molecule has 9 heteroatoms. The molecule has 1 aromatic rings. The average molecular weight is 452 g/mol. The maximum Gasteiger partial charge on any atom is 0.408 e. The van der Waals surface area contributed by atoms with Gasteiger partial charge in [0.05, 0.1) is 11.0 Å². The summed E-state index contributed by atoms with van der Waals surface area (Å²) < 4.78 is 11.0. The number of ether oxygens (including phenoxy) is 2. The maximum absolute atomic E-state index is 12.2. The zero-order valence-corrected chi connectivity index (χ0v) is 19.6. The Labute approximate surface area is 190 Å². The molecule has 2 N–H and O–H groups in total. The third kappa shape index (κ3) is 9.64. The molecule has 32 heavy (non-hydrogen) atoms. The summed E-state index contributed by atoms with van der Waals surface area (Å²) in [4.78, 5) is 34.6. The van der Waals surface area contributed by atoms with E-state index in [0.717, 1.165) is 6.42 Å². The summed E-state index contributed by atoms with van der Waals surface area (Å²) in [5, 5.41) is 15.8. The normalized spacial score (nSPS) is 15.5. The minimum absolute atomic E-state index is 0.0397. The van der Waals surface area contributed by atoms with Crippen LogP contribution < -0.4 is 10.6 Å². The number of nitro groups is 1. The Morgan fingerprint density at radius 3 is 2.34 bits per heavy atom. The van der Waals surface area contributed by atoms with Gasteiger partial charge in [-0.3, -0.25) is 14.9 Å². The molecule has 0 heterocycles. The van der Waals surface area contributed by atoms with Crippen LogP contribution in [0.5, 0.6) is 0 Å². The number of nitrogens with zero attached hydrogens (tertiary/aromatic N) is 1. The molecule has 1 aromatic carbocycles. The predicted octanol–water partition coefficient (Wildman–Crippen LogP) is 4.34. The Morgan fingerprint density at radius 1 is 1.16 bits per heavy atom. The second kappa shape index (κ2) is 15.2. The van der Waals surface area contributed by atoms with Crippen LogP contribution in [0.4, 0.5) is 10.5 Å². The number of hydrogen-bond donors (Lipinski definition) is 2. The largest absolute Gasteiger partial charge is 0.445 e. The second-order valence-corrected chi connectivity index (χ2v) is 7.60. The molecule has 1 fully saturated rings. The summed E-state index contributed by atoms with van der Waals surface area (Å²) in [5.41, 5.74) is 0.561. The average Bonchev–Trinajstić information content (AvgIpc) is 2.82. The van der Waals surface area contributed by atoms with E-state index in [1.165, 1.54) is 63.4 Å². The fourth-order valence-corrected chi connectivity index (χ4v) is 3.58. The minimum atomic E-state index is -0.884. The summed E-state index contributed by atoms with van der Waals surface area (Å²) in [6.07, 6.45) is 5.97. The van der Waals surface area contributed by atoms with Gasteiger partial charge in [0.1, 0.15) is 12.6 Å². The van der Waals surface area contributed by atoms with Gasteiger partial charge in [0.25, 0.3) is 5.69 Å². The van der Waals surface area contributed by atoms with Crippen molar-refractivity contribution in [3.05, 3.63) is 39.9 Å². The third-order valence-electron chi connectivity index (χ3n) is 5.42. The van der Waals surface area contributed by atoms with Crippen molar-refractivity contribution in [2.24, 2.45) is 5.92 Å². The zero-order valence-electron chi connectivity index (χ0n) is 19.6. The Kier molecular flexibility index (Phi) is 13.0. The SMILES string of the molecule is CC.CNC(=O)[C@@H](NC(=O)OCc1ccc([N+](=O)[O-])cc1)[C@@H](C)OCCC1CCCCC1. The van der Waals surface area contributed by atoms with Crippen molar-refractivity contribution < 1.29 is 24.0 Å². The molecule has 0 saturated heterocycles. The van der Waals surface area contributed by atoms with Crippen LogP contribution in [0.2, 0.25) is 0 Å². The Balaban J connectivity index is 0.00000249. The van der Waals surface area contributed by atoms with E-state index in [-0.39, 0.29) is 18.2 Å². The number of amides is 2. The topological polar surface area (TPSA) is 120 Å². The molecule has 180 valence electrons. The summed E-state index contributed by atoms with van der Waals surface area (Å²) >= 11 is 0. The molecule has 2 rings (SSSR count). The van der Waals surface area contributed by atoms with Gasteiger partial charge < -0.3 is 20.1 Å². The zero-order chi connectivity index (χ0) is 23.9. The number of non-ortho nitro benzene ring substituents is 1. The van der Waals surface area contributed by atoms with Crippen molar-refractivity contribution in [1.82, 2.24) is 10.6 Å². The van der Waals surface area contributed by atoms with Crippen LogP contribution in [-0.4, -0.2) is 42.7 Å². The van der Waals surface area contributed by atoms with Crippen LogP contribution in [0.1, 0.15) is 64.9 Å². The van der Waals surface area contributed by atoms with Gasteiger partial charge in [0, 0.05) is 25.8 Å². The van der Waals surface area contributed by atoms with E-state index in [1.54, 1.807) is 6.92 Å². The van der Waals surface area contributed by atoms with Crippen molar-refractivity contribution in [2.75, 3.05) is 13.7 Å². The number of nitrogens with one attached hydrogen (secondary N) is 2. The maximum atomic E-state index is 12.2. The number of likely N-dealkylation sites (N-methyl/N-ethyl adjacent to an activating group) is 1. The van der Waals surface area contributed by atoms with Gasteiger partial charge in [0.2, 0.25) is 5.91 Å². The summed E-state index contributed by atoms with van der Waals surface area (Å²) in [6.45, 7) is 6.22. The van der Waals surface area contributed by atoms with E-state index >= 15 is 0 Å². The van der Waals surface area contributed by atoms with Crippen molar-refractivity contribution in [3.8, 4) is 0 Å². The van der Waals surface area contributed by atoms with E-state index in [1.807, 2.05) is 13.8 Å². The number of carbonyl (C=O) groups excluding carboxylic acids is 2. The molecule has 2 amide bonds. The van der Waals surface area contributed by atoms with Crippen LogP contribution in [0.15, 0.2) is 24.3 Å². The van der Waals surface area contributed by atoms with Crippen LogP contribution in [0, 0.1) is 16.0 Å². The number of nitro benzene ring substituents is 1. The lowest BCUT2D eigenvalue weighted by molar-refractivity contribution is -0.384. The fraction of sp³-hybridized carbons (Fsp3) is 0.652. The highest BCUT2D eigenvalue weighted by Crippen LogP contribution is 2.26. The van der Waals surface area contributed by atoms with E-state index in [2.05, 4.69) is 10.6 Å². The van der Waals surface area contributed by atoms with Gasteiger partial charge in [-0.1, -0.05) is 46.0 Å². The summed E-state index contributed by atoms with van der Waals surface area (Å²) in [5.74, 6) is 0.302. The number of alkyl carbamates (subject to hydrolysis) is 1. The molecule has 0 aromatic heterocycles. The Bertz CT molecular complexity index is 704. The summed E-state index contributed by atoms with van der Waals surface area (Å²) in [7, 11) is 1.49. The molecule has 1 aliphatic carbocycles. The van der Waals surface area contributed by atoms with Crippen molar-refractivity contribution in [3.63, 3.8) is 0 Å². The highest BCUT2D eigenvalue weighted by atomic mass is 16.6. The van der Waals surface area contributed by atoms with Crippen molar-refractivity contribution >= 4 is 17.7 Å². The van der Waals surface area contributed by atoms with Gasteiger partial charge in [-0.2, -0.15) is 0 Å². The van der Waals surface area contributed by atoms with E-state index in [0.29, 0.717) is 18.1 Å². The van der Waals surface area contributed by atoms with Gasteiger partial charge in [-0.05, 0) is 37.0 Å². The first-order valence-corrected chi connectivity index (χ1v) is 11.4. The molecular weight excluding hydrogens is 414 g/mol. The second-order valence-electron chi connectivity index (χ2n) is 7.60.